The van der Waals surface area contributed by atoms with Crippen LogP contribution in [0.3, 0.4) is 0 Å². The van der Waals surface area contributed by atoms with E-state index in [-0.39, 0.29) is 24.3 Å². The van der Waals surface area contributed by atoms with E-state index >= 15 is 0 Å². The third-order valence-corrected chi connectivity index (χ3v) is 8.28. The van der Waals surface area contributed by atoms with Crippen molar-refractivity contribution < 1.29 is 33.9 Å². The van der Waals surface area contributed by atoms with Crippen molar-refractivity contribution in [2.24, 2.45) is 5.16 Å². The van der Waals surface area contributed by atoms with Gasteiger partial charge < -0.3 is 19.2 Å². The predicted octanol–water partition coefficient (Wildman–Crippen LogP) is 5.82. The van der Waals surface area contributed by atoms with Gasteiger partial charge in [0.2, 0.25) is 5.78 Å². The first-order valence-corrected chi connectivity index (χ1v) is 15.1. The molecule has 1 aliphatic heterocycles. The number of rotatable bonds is 12. The normalized spacial score (nSPS) is 14.5. The summed E-state index contributed by atoms with van der Waals surface area (Å²) in [5.41, 5.74) is 3.09. The number of benzene rings is 3. The van der Waals surface area contributed by atoms with Crippen LogP contribution < -0.4 is 0 Å². The fourth-order valence-corrected chi connectivity index (χ4v) is 5.83. The quantitative estimate of drug-likeness (QED) is 0.0698. The lowest BCUT2D eigenvalue weighted by atomic mass is 9.90. The number of ketones is 2. The third kappa shape index (κ3) is 6.87. The largest absolute Gasteiger partial charge is 0.481 e. The minimum absolute atomic E-state index is 0.0265. The highest BCUT2D eigenvalue weighted by Crippen LogP contribution is 2.33. The van der Waals surface area contributed by atoms with Crippen LogP contribution in [0.4, 0.5) is 0 Å². The van der Waals surface area contributed by atoms with Crippen LogP contribution in [0.25, 0.3) is 27.5 Å². The molecule has 0 bridgehead atoms. The number of carboxylic acid groups (broad SMARTS) is 1. The second-order valence-corrected chi connectivity index (χ2v) is 11.7. The minimum atomic E-state index is -0.917. The molecule has 0 aliphatic carbocycles. The van der Waals surface area contributed by atoms with Crippen molar-refractivity contribution in [3.05, 3.63) is 77.9 Å². The smallest absolute Gasteiger partial charge is 0.331 e. The number of Topliss-reactive ketones (excluding diaryl/α,β-unsaturated/α-hetero) is 2. The Bertz CT molecular complexity index is 1780. The first-order valence-electron chi connectivity index (χ1n) is 15.1. The highest BCUT2D eigenvalue weighted by Gasteiger charge is 2.36. The number of unbranched alkanes of at least 4 members (excludes halogenated alkanes) is 1. The van der Waals surface area contributed by atoms with E-state index in [1.54, 1.807) is 12.1 Å². The van der Waals surface area contributed by atoms with E-state index in [2.05, 4.69) is 14.6 Å². The molecule has 2 heterocycles. The van der Waals surface area contributed by atoms with E-state index in [1.807, 2.05) is 68.4 Å². The Hall–Kier alpha value is -4.67. The van der Waals surface area contributed by atoms with Gasteiger partial charge in [-0.3, -0.25) is 19.3 Å². The molecule has 3 aromatic carbocycles. The van der Waals surface area contributed by atoms with Crippen molar-refractivity contribution in [1.29, 1.82) is 0 Å². The zero-order chi connectivity index (χ0) is 32.1. The Morgan fingerprint density at radius 3 is 2.20 bits per heavy atom. The topological polar surface area (TPSA) is 128 Å². The van der Waals surface area contributed by atoms with Gasteiger partial charge in [-0.05, 0) is 81.6 Å². The molecule has 0 spiro atoms. The van der Waals surface area contributed by atoms with Gasteiger partial charge in [0, 0.05) is 54.0 Å². The second kappa shape index (κ2) is 13.5. The third-order valence-electron chi connectivity index (χ3n) is 8.28. The van der Waals surface area contributed by atoms with Crippen molar-refractivity contribution in [1.82, 2.24) is 9.47 Å². The van der Waals surface area contributed by atoms with Crippen molar-refractivity contribution in [3.8, 4) is 5.69 Å². The van der Waals surface area contributed by atoms with Crippen LogP contribution in [0.5, 0.6) is 0 Å². The Balaban J connectivity index is 1.47. The highest BCUT2D eigenvalue weighted by molar-refractivity contribution is 6.46. The van der Waals surface area contributed by atoms with Crippen LogP contribution in [0.2, 0.25) is 0 Å². The molecular weight excluding hydrogens is 574 g/mol. The van der Waals surface area contributed by atoms with Crippen LogP contribution in [0.15, 0.2) is 71.9 Å². The Morgan fingerprint density at radius 1 is 0.867 bits per heavy atom. The van der Waals surface area contributed by atoms with E-state index in [0.29, 0.717) is 50.3 Å². The Morgan fingerprint density at radius 2 is 1.51 bits per heavy atom. The maximum atomic E-state index is 13.6. The van der Waals surface area contributed by atoms with Crippen LogP contribution in [0.1, 0.15) is 67.2 Å². The molecule has 234 valence electrons. The zero-order valence-electron chi connectivity index (χ0n) is 25.7. The molecule has 5 rings (SSSR count). The summed E-state index contributed by atoms with van der Waals surface area (Å²) in [6.07, 6.45) is 0.916. The summed E-state index contributed by atoms with van der Waals surface area (Å²) in [5, 5.41) is 14.5. The monoisotopic (exact) mass is 611 g/mol. The molecular formula is C35H37N3O7. The van der Waals surface area contributed by atoms with Gasteiger partial charge in [-0.2, -0.15) is 0 Å². The van der Waals surface area contributed by atoms with Crippen molar-refractivity contribution >= 4 is 51.0 Å². The average Bonchev–Trinajstić information content (AvgIpc) is 3.37. The molecule has 45 heavy (non-hydrogen) atoms. The lowest BCUT2D eigenvalue weighted by Gasteiger charge is -2.39. The maximum Gasteiger partial charge on any atom is 0.331 e. The number of hydrogen-bond donors (Lipinski definition) is 1. The number of fused-ring (bicyclic) bond motifs is 3. The van der Waals surface area contributed by atoms with Gasteiger partial charge in [-0.25, -0.2) is 4.79 Å². The van der Waals surface area contributed by atoms with E-state index in [0.717, 1.165) is 27.5 Å². The van der Waals surface area contributed by atoms with Gasteiger partial charge in [0.1, 0.15) is 5.71 Å². The summed E-state index contributed by atoms with van der Waals surface area (Å²) in [5.74, 6) is -1.91. The molecule has 1 fully saturated rings. The Kier molecular flexibility index (Phi) is 9.55. The van der Waals surface area contributed by atoms with Crippen LogP contribution in [-0.4, -0.2) is 75.6 Å². The molecule has 0 atom stereocenters. The van der Waals surface area contributed by atoms with Crippen LogP contribution in [-0.2, 0) is 19.2 Å². The van der Waals surface area contributed by atoms with E-state index in [9.17, 15) is 19.2 Å². The lowest BCUT2D eigenvalue weighted by molar-refractivity contribution is -0.141. The number of carbonyl (C=O) groups is 4. The standard InChI is InChI=1S/C35H37N3O7/c1-23(39)45-36-29(9-5-7-11-32(40)41)33(42)25-14-17-31-28(22-25)27-8-4-6-10-30(27)38(31)26-15-12-24(13-16-26)34(43)35(2,3)37-18-20-44-21-19-37/h4,6,8,10,12-17,22H,5,7,9,11,18-21H2,1-3H3,(H,40,41)/b36-29+. The van der Waals surface area contributed by atoms with Crippen molar-refractivity contribution in [2.45, 2.75) is 52.0 Å². The highest BCUT2D eigenvalue weighted by atomic mass is 16.7. The first kappa shape index (κ1) is 31.7. The molecule has 10 nitrogen and oxygen atoms in total. The van der Waals surface area contributed by atoms with E-state index in [4.69, 9.17) is 14.7 Å². The van der Waals surface area contributed by atoms with Crippen LogP contribution >= 0.6 is 0 Å². The molecule has 10 heteroatoms. The molecule has 4 aromatic rings. The fraction of sp³-hybridized carbons (Fsp3) is 0.343. The number of carboxylic acids is 1. The summed E-state index contributed by atoms with van der Waals surface area (Å²) in [6, 6.07) is 20.9. The molecule has 0 radical (unpaired) electrons. The lowest BCUT2D eigenvalue weighted by Crippen LogP contribution is -2.54. The van der Waals surface area contributed by atoms with Gasteiger partial charge in [0.05, 0.1) is 29.8 Å². The summed E-state index contributed by atoms with van der Waals surface area (Å²) in [4.78, 5) is 56.4. The van der Waals surface area contributed by atoms with Crippen molar-refractivity contribution in [3.63, 3.8) is 0 Å². The summed E-state index contributed by atoms with van der Waals surface area (Å²) in [7, 11) is 0. The van der Waals surface area contributed by atoms with E-state index < -0.39 is 23.3 Å². The number of hydrogen-bond acceptors (Lipinski definition) is 8. The average molecular weight is 612 g/mol. The molecule has 1 saturated heterocycles. The first-order chi connectivity index (χ1) is 21.6. The maximum absolute atomic E-state index is 13.6. The number of morpholine rings is 1. The number of ether oxygens (including phenoxy) is 1. The minimum Gasteiger partial charge on any atom is -0.481 e. The number of aromatic nitrogens is 1. The summed E-state index contributed by atoms with van der Waals surface area (Å²) in [6.45, 7) is 7.77. The second-order valence-electron chi connectivity index (χ2n) is 11.7. The number of oxime groups is 1. The molecule has 0 amide bonds. The number of aliphatic carboxylic acids is 1. The SMILES string of the molecule is CC(=O)O/N=C(\CCCCC(=O)O)C(=O)c1ccc2c(c1)c1ccccc1n2-c1ccc(C(=O)C(C)(C)N2CCOCC2)cc1. The van der Waals surface area contributed by atoms with Gasteiger partial charge in [-0.1, -0.05) is 23.4 Å². The van der Waals surface area contributed by atoms with Crippen molar-refractivity contribution in [2.75, 3.05) is 26.3 Å². The number of nitrogens with zero attached hydrogens (tertiary/aromatic N) is 3. The molecule has 1 aromatic heterocycles. The van der Waals surface area contributed by atoms with E-state index in [1.165, 1.54) is 6.92 Å². The molecule has 0 unspecified atom stereocenters. The van der Waals surface area contributed by atoms with Gasteiger partial charge >= 0.3 is 11.9 Å². The number of carbonyl (C=O) groups excluding carboxylic acids is 3. The molecule has 1 N–H and O–H groups in total. The van der Waals surface area contributed by atoms with Gasteiger partial charge in [0.15, 0.2) is 5.78 Å². The number of para-hydroxylation sites is 1. The van der Waals surface area contributed by atoms with Gasteiger partial charge in [-0.15, -0.1) is 0 Å². The predicted molar refractivity (Wildman–Crippen MR) is 171 cm³/mol. The van der Waals surface area contributed by atoms with Crippen LogP contribution in [0, 0.1) is 0 Å². The Labute approximate surface area is 261 Å². The summed E-state index contributed by atoms with van der Waals surface area (Å²) >= 11 is 0. The summed E-state index contributed by atoms with van der Waals surface area (Å²) < 4.78 is 7.57. The zero-order valence-corrected chi connectivity index (χ0v) is 25.7. The van der Waals surface area contributed by atoms with Gasteiger partial charge in [0.25, 0.3) is 0 Å². The molecule has 0 saturated carbocycles. The molecule has 1 aliphatic rings. The fourth-order valence-electron chi connectivity index (χ4n) is 5.83.